The molecule has 0 heterocycles. The van der Waals surface area contributed by atoms with Crippen LogP contribution in [0.25, 0.3) is 0 Å². The van der Waals surface area contributed by atoms with Crippen molar-refractivity contribution in [2.75, 3.05) is 45.1 Å². The van der Waals surface area contributed by atoms with Gasteiger partial charge in [0.25, 0.3) is 7.37 Å². The molecule has 6 nitrogen and oxygen atoms in total. The molecule has 0 bridgehead atoms. The Bertz CT molecular complexity index is 1070. The number of nitrogens with one attached hydrogen (secondary N) is 1. The Morgan fingerprint density at radius 2 is 1.64 bits per heavy atom. The van der Waals surface area contributed by atoms with Crippen LogP contribution in [0.4, 0.5) is 11.4 Å². The van der Waals surface area contributed by atoms with Gasteiger partial charge in [-0.1, -0.05) is 25.1 Å². The number of ether oxygens (including phenoxy) is 2. The van der Waals surface area contributed by atoms with Crippen molar-refractivity contribution in [2.24, 2.45) is 0 Å². The van der Waals surface area contributed by atoms with Crippen molar-refractivity contribution in [3.8, 4) is 11.5 Å². The summed E-state index contributed by atoms with van der Waals surface area (Å²) >= 11 is 0. The summed E-state index contributed by atoms with van der Waals surface area (Å²) < 4.78 is 32.1. The van der Waals surface area contributed by atoms with Crippen LogP contribution in [0, 0.1) is 0 Å². The Morgan fingerprint density at radius 1 is 0.939 bits per heavy atom. The van der Waals surface area contributed by atoms with Crippen LogP contribution in [0.2, 0.25) is 0 Å². The molecule has 0 saturated carbocycles. The Morgan fingerprint density at radius 3 is 2.21 bits per heavy atom. The van der Waals surface area contributed by atoms with Gasteiger partial charge in [-0.3, -0.25) is 4.57 Å². The first kappa shape index (κ1) is 24.7. The number of hydrogen-bond donors (Lipinski definition) is 1. The highest BCUT2D eigenvalue weighted by Crippen LogP contribution is 2.60. The molecule has 33 heavy (non-hydrogen) atoms. The number of benzene rings is 3. The van der Waals surface area contributed by atoms with Gasteiger partial charge in [-0.15, -0.1) is 0 Å². The van der Waals surface area contributed by atoms with Crippen molar-refractivity contribution in [3.05, 3.63) is 78.4 Å². The second kappa shape index (κ2) is 11.3. The van der Waals surface area contributed by atoms with Crippen LogP contribution in [-0.4, -0.2) is 34.9 Å². The van der Waals surface area contributed by atoms with Crippen molar-refractivity contribution in [1.29, 1.82) is 0 Å². The van der Waals surface area contributed by atoms with E-state index in [1.165, 1.54) is 0 Å². The van der Waals surface area contributed by atoms with Gasteiger partial charge in [0, 0.05) is 42.4 Å². The lowest BCUT2D eigenvalue weighted by Crippen LogP contribution is -2.22. The van der Waals surface area contributed by atoms with E-state index < -0.39 is 13.2 Å². The van der Waals surface area contributed by atoms with E-state index in [1.807, 2.05) is 92.6 Å². The Hall–Kier alpha value is -2.95. The molecule has 2 atom stereocenters. The summed E-state index contributed by atoms with van der Waals surface area (Å²) in [6.07, 6.45) is 0.748. The molecular weight excluding hydrogens is 435 g/mol. The molecule has 0 fully saturated rings. The fourth-order valence-electron chi connectivity index (χ4n) is 3.57. The number of hydrogen-bond acceptors (Lipinski definition) is 6. The van der Waals surface area contributed by atoms with Crippen molar-refractivity contribution in [3.63, 3.8) is 0 Å². The largest absolute Gasteiger partial charge is 0.497 e. The quantitative estimate of drug-likeness (QED) is 0.353. The minimum atomic E-state index is -3.45. The molecule has 0 aliphatic rings. The average molecular weight is 469 g/mol. The first-order valence-electron chi connectivity index (χ1n) is 11.0. The van der Waals surface area contributed by atoms with Gasteiger partial charge >= 0.3 is 0 Å². The molecule has 176 valence electrons. The van der Waals surface area contributed by atoms with E-state index in [1.54, 1.807) is 20.3 Å². The first-order valence-corrected chi connectivity index (χ1v) is 12.7. The minimum absolute atomic E-state index is 0.373. The Balaban J connectivity index is 2.18. The van der Waals surface area contributed by atoms with Gasteiger partial charge in [0.2, 0.25) is 0 Å². The van der Waals surface area contributed by atoms with E-state index in [4.69, 9.17) is 14.0 Å². The fraction of sp³-hybridized carbons (Fsp3) is 0.308. The van der Waals surface area contributed by atoms with Gasteiger partial charge in [-0.25, -0.2) is 0 Å². The van der Waals surface area contributed by atoms with E-state index in [0.29, 0.717) is 23.4 Å². The summed E-state index contributed by atoms with van der Waals surface area (Å²) in [4.78, 5) is 2.01. The molecule has 2 unspecified atom stereocenters. The molecule has 0 saturated heterocycles. The van der Waals surface area contributed by atoms with Crippen LogP contribution in [0.15, 0.2) is 72.8 Å². The maximum Gasteiger partial charge on any atom is 0.258 e. The molecule has 3 aromatic carbocycles. The van der Waals surface area contributed by atoms with Crippen LogP contribution in [0.3, 0.4) is 0 Å². The standard InChI is InChI=1S/C26H33N2O4P/c1-6-18-32-33(29,23-15-12-21(13-16-23)28(2)3)26(27-20-10-8-7-9-11-20)24-17-14-22(30-4)19-25(24)31-5/h7-17,19,26-27H,6,18H2,1-5H3. The van der Waals surface area contributed by atoms with Crippen LogP contribution in [-0.2, 0) is 9.09 Å². The molecule has 3 rings (SSSR count). The number of anilines is 2. The predicted molar refractivity (Wildman–Crippen MR) is 137 cm³/mol. The highest BCUT2D eigenvalue weighted by molar-refractivity contribution is 7.67. The second-order valence-corrected chi connectivity index (χ2v) is 10.3. The molecular formula is C26H33N2O4P. The average Bonchev–Trinajstić information content (AvgIpc) is 2.86. The van der Waals surface area contributed by atoms with Crippen molar-refractivity contribution < 1.29 is 18.6 Å². The predicted octanol–water partition coefficient (Wildman–Crippen LogP) is 5.91. The summed E-state index contributed by atoms with van der Waals surface area (Å²) in [5, 5.41) is 4.12. The summed E-state index contributed by atoms with van der Waals surface area (Å²) in [7, 11) is 3.71. The molecule has 7 heteroatoms. The number of rotatable bonds is 11. The third-order valence-electron chi connectivity index (χ3n) is 5.37. The van der Waals surface area contributed by atoms with Gasteiger partial charge in [0.15, 0.2) is 0 Å². The SMILES string of the molecule is CCCOP(=O)(c1ccc(N(C)C)cc1)C(Nc1ccccc1)c1ccc(OC)cc1OC. The zero-order valence-corrected chi connectivity index (χ0v) is 20.8. The van der Waals surface area contributed by atoms with Gasteiger partial charge in [-0.2, -0.15) is 0 Å². The lowest BCUT2D eigenvalue weighted by Gasteiger charge is -2.31. The summed E-state index contributed by atoms with van der Waals surface area (Å²) in [5.74, 6) is 0.569. The lowest BCUT2D eigenvalue weighted by atomic mass is 10.1. The van der Waals surface area contributed by atoms with E-state index >= 15 is 0 Å². The summed E-state index contributed by atoms with van der Waals surface area (Å²) in [5.41, 5.74) is 2.60. The molecule has 0 aliphatic carbocycles. The van der Waals surface area contributed by atoms with Crippen LogP contribution in [0.1, 0.15) is 24.7 Å². The maximum atomic E-state index is 14.8. The van der Waals surface area contributed by atoms with Crippen LogP contribution in [0.5, 0.6) is 11.5 Å². The van der Waals surface area contributed by atoms with Gasteiger partial charge in [0.1, 0.15) is 17.3 Å². The third kappa shape index (κ3) is 5.70. The number of para-hydroxylation sites is 1. The van der Waals surface area contributed by atoms with E-state index in [0.717, 1.165) is 23.4 Å². The maximum absolute atomic E-state index is 14.8. The van der Waals surface area contributed by atoms with Gasteiger partial charge in [-0.05, 0) is 55.0 Å². The highest BCUT2D eigenvalue weighted by Gasteiger charge is 2.39. The zero-order valence-electron chi connectivity index (χ0n) is 19.9. The molecule has 0 aliphatic heterocycles. The zero-order chi connectivity index (χ0) is 23.8. The van der Waals surface area contributed by atoms with Crippen LogP contribution >= 0.6 is 7.37 Å². The fourth-order valence-corrected chi connectivity index (χ4v) is 6.08. The molecule has 0 amide bonds. The first-order chi connectivity index (χ1) is 15.9. The Labute approximate surface area is 196 Å². The van der Waals surface area contributed by atoms with E-state index in [9.17, 15) is 4.57 Å². The molecule has 0 aromatic heterocycles. The van der Waals surface area contributed by atoms with Crippen LogP contribution < -0.4 is 25.0 Å². The molecule has 3 aromatic rings. The Kier molecular flexibility index (Phi) is 8.43. The number of methoxy groups -OCH3 is 2. The van der Waals surface area contributed by atoms with E-state index in [-0.39, 0.29) is 0 Å². The van der Waals surface area contributed by atoms with Gasteiger partial charge < -0.3 is 24.2 Å². The molecule has 0 radical (unpaired) electrons. The summed E-state index contributed by atoms with van der Waals surface area (Å²) in [6, 6.07) is 22.9. The van der Waals surface area contributed by atoms with Crippen molar-refractivity contribution in [2.45, 2.75) is 19.1 Å². The van der Waals surface area contributed by atoms with E-state index in [2.05, 4.69) is 5.32 Å². The second-order valence-electron chi connectivity index (χ2n) is 7.86. The highest BCUT2D eigenvalue weighted by atomic mass is 31.2. The topological polar surface area (TPSA) is 60.0 Å². The minimum Gasteiger partial charge on any atom is -0.497 e. The number of nitrogens with zero attached hydrogens (tertiary/aromatic N) is 1. The molecule has 1 N–H and O–H groups in total. The van der Waals surface area contributed by atoms with Crippen molar-refractivity contribution in [1.82, 2.24) is 0 Å². The normalized spacial score (nSPS) is 13.6. The summed E-state index contributed by atoms with van der Waals surface area (Å²) in [6.45, 7) is 2.38. The van der Waals surface area contributed by atoms with Gasteiger partial charge in [0.05, 0.1) is 20.8 Å². The smallest absolute Gasteiger partial charge is 0.258 e. The third-order valence-corrected chi connectivity index (χ3v) is 8.04. The van der Waals surface area contributed by atoms with Crippen molar-refractivity contribution >= 4 is 24.0 Å². The monoisotopic (exact) mass is 468 g/mol. The lowest BCUT2D eigenvalue weighted by molar-refractivity contribution is 0.314. The molecule has 0 spiro atoms.